The third kappa shape index (κ3) is 4.48. The van der Waals surface area contributed by atoms with E-state index in [0.717, 1.165) is 21.9 Å². The lowest BCUT2D eigenvalue weighted by molar-refractivity contribution is -0.143. The van der Waals surface area contributed by atoms with Crippen LogP contribution >= 0.6 is 11.6 Å². The fourth-order valence-corrected chi connectivity index (χ4v) is 4.04. The molecule has 0 atom stereocenters. The van der Waals surface area contributed by atoms with E-state index in [1.807, 2.05) is 31.2 Å². The molecule has 0 amide bonds. The Balaban J connectivity index is 1.61. The molecule has 0 aliphatic rings. The first-order valence-electron chi connectivity index (χ1n) is 10.5. The molecule has 0 saturated carbocycles. The van der Waals surface area contributed by atoms with Crippen molar-refractivity contribution in [1.82, 2.24) is 0 Å². The number of halogens is 1. The normalized spacial score (nSPS) is 11.1. The molecular weight excluding hydrogens is 428 g/mol. The highest BCUT2D eigenvalue weighted by molar-refractivity contribution is 6.32. The van der Waals surface area contributed by atoms with Gasteiger partial charge in [-0.1, -0.05) is 54.1 Å². The van der Waals surface area contributed by atoms with Crippen LogP contribution in [0.3, 0.4) is 0 Å². The maximum atomic E-state index is 12.6. The average Bonchev–Trinajstić information content (AvgIpc) is 2.78. The number of carbonyl (C=O) groups is 1. The highest BCUT2D eigenvalue weighted by Crippen LogP contribution is 2.33. The molecule has 5 nitrogen and oxygen atoms in total. The van der Waals surface area contributed by atoms with Crippen LogP contribution < -0.4 is 10.4 Å². The minimum absolute atomic E-state index is 0.116. The van der Waals surface area contributed by atoms with Crippen LogP contribution in [-0.4, -0.2) is 12.6 Å². The van der Waals surface area contributed by atoms with Gasteiger partial charge in [0.1, 0.15) is 17.9 Å². The zero-order valence-corrected chi connectivity index (χ0v) is 18.7. The van der Waals surface area contributed by atoms with Gasteiger partial charge in [-0.05, 0) is 48.2 Å². The van der Waals surface area contributed by atoms with Gasteiger partial charge in [0.25, 0.3) is 0 Å². The van der Waals surface area contributed by atoms with Gasteiger partial charge in [0, 0.05) is 23.4 Å². The van der Waals surface area contributed by atoms with Gasteiger partial charge < -0.3 is 13.9 Å². The quantitative estimate of drug-likeness (QED) is 0.256. The first kappa shape index (κ1) is 21.9. The Morgan fingerprint density at radius 3 is 2.66 bits per heavy atom. The van der Waals surface area contributed by atoms with E-state index in [2.05, 4.69) is 18.2 Å². The molecule has 4 aromatic rings. The smallest absolute Gasteiger partial charge is 0.339 e. The summed E-state index contributed by atoms with van der Waals surface area (Å²) < 4.78 is 16.5. The summed E-state index contributed by atoms with van der Waals surface area (Å²) in [5, 5.41) is 3.38. The standard InChI is InChI=1S/C26H23ClO5/c1-3-30-25(28)12-11-19-16(2)21-13-22(27)24(14-23(21)32-26(19)29)31-15-18-9-6-8-17-7-4-5-10-20(17)18/h4-10,13-14H,3,11-12,15H2,1-2H3. The number of benzene rings is 3. The zero-order chi connectivity index (χ0) is 22.7. The van der Waals surface area contributed by atoms with Crippen LogP contribution in [0.15, 0.2) is 63.8 Å². The van der Waals surface area contributed by atoms with Crippen molar-refractivity contribution < 1.29 is 18.7 Å². The molecule has 3 aromatic carbocycles. The summed E-state index contributed by atoms with van der Waals surface area (Å²) in [6, 6.07) is 17.5. The van der Waals surface area contributed by atoms with Crippen molar-refractivity contribution >= 4 is 39.3 Å². The maximum Gasteiger partial charge on any atom is 0.339 e. The topological polar surface area (TPSA) is 65.7 Å². The van der Waals surface area contributed by atoms with Crippen LogP contribution in [-0.2, 0) is 22.6 Å². The van der Waals surface area contributed by atoms with E-state index in [1.165, 1.54) is 0 Å². The van der Waals surface area contributed by atoms with Crippen molar-refractivity contribution in [3.63, 3.8) is 0 Å². The monoisotopic (exact) mass is 450 g/mol. The predicted octanol–water partition coefficient (Wildman–Crippen LogP) is 5.98. The molecule has 6 heteroatoms. The Bertz CT molecular complexity index is 1350. The third-order valence-electron chi connectivity index (χ3n) is 5.49. The lowest BCUT2D eigenvalue weighted by Gasteiger charge is -2.13. The first-order chi connectivity index (χ1) is 15.5. The van der Waals surface area contributed by atoms with E-state index in [1.54, 1.807) is 19.1 Å². The maximum absolute atomic E-state index is 12.6. The third-order valence-corrected chi connectivity index (χ3v) is 5.78. The van der Waals surface area contributed by atoms with E-state index in [9.17, 15) is 9.59 Å². The molecular formula is C26H23ClO5. The summed E-state index contributed by atoms with van der Waals surface area (Å²) in [6.45, 7) is 4.21. The summed E-state index contributed by atoms with van der Waals surface area (Å²) in [7, 11) is 0. The number of fused-ring (bicyclic) bond motifs is 2. The molecule has 1 aromatic heterocycles. The Kier molecular flexibility index (Phi) is 6.47. The van der Waals surface area contributed by atoms with Crippen LogP contribution in [0.25, 0.3) is 21.7 Å². The van der Waals surface area contributed by atoms with Gasteiger partial charge in [0.15, 0.2) is 0 Å². The van der Waals surface area contributed by atoms with Crippen molar-refractivity contribution in [3.8, 4) is 5.75 Å². The van der Waals surface area contributed by atoms with Crippen LogP contribution in [0.1, 0.15) is 30.0 Å². The summed E-state index contributed by atoms with van der Waals surface area (Å²) in [6.07, 6.45) is 0.366. The number of ether oxygens (including phenoxy) is 2. The highest BCUT2D eigenvalue weighted by atomic mass is 35.5. The lowest BCUT2D eigenvalue weighted by atomic mass is 10.0. The molecule has 0 unspecified atom stereocenters. The summed E-state index contributed by atoms with van der Waals surface area (Å²) in [5.74, 6) is 0.0931. The average molecular weight is 451 g/mol. The van der Waals surface area contributed by atoms with Gasteiger partial charge in [0.2, 0.25) is 0 Å². The van der Waals surface area contributed by atoms with Gasteiger partial charge in [-0.2, -0.15) is 0 Å². The molecule has 0 aliphatic heterocycles. The van der Waals surface area contributed by atoms with Crippen molar-refractivity contribution in [2.24, 2.45) is 0 Å². The largest absolute Gasteiger partial charge is 0.487 e. The van der Waals surface area contributed by atoms with Gasteiger partial charge >= 0.3 is 11.6 Å². The first-order valence-corrected chi connectivity index (χ1v) is 10.9. The fourth-order valence-electron chi connectivity index (χ4n) is 3.82. The molecule has 0 N–H and O–H groups in total. The summed E-state index contributed by atoms with van der Waals surface area (Å²) >= 11 is 6.50. The highest BCUT2D eigenvalue weighted by Gasteiger charge is 2.16. The molecule has 0 radical (unpaired) electrons. The molecule has 1 heterocycles. The summed E-state index contributed by atoms with van der Waals surface area (Å²) in [4.78, 5) is 24.2. The Morgan fingerprint density at radius 2 is 1.84 bits per heavy atom. The van der Waals surface area contributed by atoms with Crippen molar-refractivity contribution in [1.29, 1.82) is 0 Å². The van der Waals surface area contributed by atoms with Gasteiger partial charge in [0.05, 0.1) is 11.6 Å². The van der Waals surface area contributed by atoms with Gasteiger partial charge in [-0.15, -0.1) is 0 Å². The number of rotatable bonds is 7. The van der Waals surface area contributed by atoms with Crippen LogP contribution in [0.5, 0.6) is 5.75 Å². The number of aryl methyl sites for hydroxylation is 1. The van der Waals surface area contributed by atoms with Gasteiger partial charge in [-0.3, -0.25) is 4.79 Å². The number of hydrogen-bond acceptors (Lipinski definition) is 5. The molecule has 0 aliphatic carbocycles. The molecule has 4 rings (SSSR count). The number of hydrogen-bond donors (Lipinski definition) is 0. The number of carbonyl (C=O) groups excluding carboxylic acids is 1. The lowest BCUT2D eigenvalue weighted by Crippen LogP contribution is -2.13. The Hall–Kier alpha value is -3.31. The Labute approximate surface area is 190 Å². The molecule has 0 bridgehead atoms. The summed E-state index contributed by atoms with van der Waals surface area (Å²) in [5.41, 5.74) is 2.15. The molecule has 32 heavy (non-hydrogen) atoms. The van der Waals surface area contributed by atoms with Crippen molar-refractivity contribution in [2.75, 3.05) is 6.61 Å². The SMILES string of the molecule is CCOC(=O)CCc1c(C)c2cc(Cl)c(OCc3cccc4ccccc34)cc2oc1=O. The van der Waals surface area contributed by atoms with Crippen molar-refractivity contribution in [2.45, 2.75) is 33.3 Å². The Morgan fingerprint density at radius 1 is 1.06 bits per heavy atom. The van der Waals surface area contributed by atoms with E-state index < -0.39 is 5.63 Å². The van der Waals surface area contributed by atoms with Crippen LogP contribution in [0.4, 0.5) is 0 Å². The minimum Gasteiger partial charge on any atom is -0.487 e. The van der Waals surface area contributed by atoms with E-state index in [0.29, 0.717) is 40.5 Å². The predicted molar refractivity (Wildman–Crippen MR) is 125 cm³/mol. The zero-order valence-electron chi connectivity index (χ0n) is 17.9. The minimum atomic E-state index is -0.471. The fraction of sp³-hybridized carbons (Fsp3) is 0.231. The van der Waals surface area contributed by atoms with E-state index in [4.69, 9.17) is 25.5 Å². The molecule has 164 valence electrons. The second-order valence-electron chi connectivity index (χ2n) is 7.50. The molecule has 0 spiro atoms. The van der Waals surface area contributed by atoms with E-state index in [-0.39, 0.29) is 18.8 Å². The van der Waals surface area contributed by atoms with Crippen LogP contribution in [0, 0.1) is 6.92 Å². The molecule has 0 saturated heterocycles. The van der Waals surface area contributed by atoms with Crippen molar-refractivity contribution in [3.05, 3.63) is 86.7 Å². The van der Waals surface area contributed by atoms with E-state index >= 15 is 0 Å². The second kappa shape index (κ2) is 9.45. The van der Waals surface area contributed by atoms with Gasteiger partial charge in [-0.25, -0.2) is 4.79 Å². The number of esters is 1. The molecule has 0 fully saturated rings. The van der Waals surface area contributed by atoms with Crippen LogP contribution in [0.2, 0.25) is 5.02 Å². The second-order valence-corrected chi connectivity index (χ2v) is 7.91.